The predicted molar refractivity (Wildman–Crippen MR) is 183 cm³/mol. The number of rotatable bonds is 7. The lowest BCUT2D eigenvalue weighted by atomic mass is 9.74. The van der Waals surface area contributed by atoms with E-state index in [2.05, 4.69) is 60.4 Å². The highest BCUT2D eigenvalue weighted by Crippen LogP contribution is 2.59. The number of hydrogen-bond acceptors (Lipinski definition) is 7. The van der Waals surface area contributed by atoms with Gasteiger partial charge in [-0.25, -0.2) is 5.01 Å². The number of amides is 1. The molecule has 1 spiro atoms. The topological polar surface area (TPSA) is 91.7 Å². The lowest BCUT2D eigenvalue weighted by molar-refractivity contribution is 0.0675. The van der Waals surface area contributed by atoms with Crippen LogP contribution in [-0.4, -0.2) is 40.2 Å². The van der Waals surface area contributed by atoms with Crippen molar-refractivity contribution in [2.24, 2.45) is 5.10 Å². The van der Waals surface area contributed by atoms with Crippen LogP contribution in [0.15, 0.2) is 90.3 Å². The molecule has 4 heterocycles. The van der Waals surface area contributed by atoms with Crippen LogP contribution in [0.5, 0.6) is 11.5 Å². The molecule has 0 fully saturated rings. The lowest BCUT2D eigenvalue weighted by Gasteiger charge is -2.42. The Morgan fingerprint density at radius 1 is 0.783 bits per heavy atom. The minimum absolute atomic E-state index is 0.179. The van der Waals surface area contributed by atoms with Crippen molar-refractivity contribution in [3.8, 4) is 22.9 Å². The number of aryl methyl sites for hydroxylation is 3. The van der Waals surface area contributed by atoms with E-state index in [1.807, 2.05) is 67.6 Å². The van der Waals surface area contributed by atoms with E-state index in [0.29, 0.717) is 17.1 Å². The monoisotopic (exact) mass is 608 g/mol. The summed E-state index contributed by atoms with van der Waals surface area (Å²) in [6.45, 7) is 11.9. The van der Waals surface area contributed by atoms with Gasteiger partial charge in [0, 0.05) is 71.2 Å². The fourth-order valence-electron chi connectivity index (χ4n) is 6.63. The maximum absolute atomic E-state index is 14.5. The van der Waals surface area contributed by atoms with Crippen LogP contribution in [0.2, 0.25) is 0 Å². The van der Waals surface area contributed by atoms with Crippen LogP contribution in [-0.2, 0) is 5.54 Å². The summed E-state index contributed by atoms with van der Waals surface area (Å²) in [4.78, 5) is 23.5. The van der Waals surface area contributed by atoms with Crippen LogP contribution in [0.25, 0.3) is 11.4 Å². The Balaban J connectivity index is 1.46. The second kappa shape index (κ2) is 11.5. The SMILES string of the molecule is CCNc1cc2c(cc1C)C1(c3cc(C)c(NCC)cc3O2)c2ccccc2C(=O)N1/N=C/c1ccnc(-c2cc(C)ccn2)c1. The van der Waals surface area contributed by atoms with Gasteiger partial charge in [-0.2, -0.15) is 5.10 Å². The molecule has 0 bridgehead atoms. The standard InChI is InChI=1S/C38H36N6O2/c1-6-39-31-20-35-29(17-24(31)4)38(30-18-25(5)32(40-7-2)21-36(30)46-35)28-11-9-8-10-27(28)37(45)44(38)43-22-26-13-15-42-34(19-26)33-16-23(3)12-14-41-33/h8-22,39-40H,6-7H2,1-5H3/b43-22+. The summed E-state index contributed by atoms with van der Waals surface area (Å²) in [5.41, 5.74) is 9.65. The van der Waals surface area contributed by atoms with Crippen molar-refractivity contribution in [1.82, 2.24) is 15.0 Å². The number of carbonyl (C=O) groups is 1. The normalized spacial score (nSPS) is 14.2. The van der Waals surface area contributed by atoms with Crippen LogP contribution < -0.4 is 15.4 Å². The third kappa shape index (κ3) is 4.60. The average molecular weight is 609 g/mol. The van der Waals surface area contributed by atoms with Crippen molar-refractivity contribution in [3.63, 3.8) is 0 Å². The van der Waals surface area contributed by atoms with E-state index >= 15 is 0 Å². The molecule has 2 aromatic heterocycles. The molecule has 1 amide bonds. The van der Waals surface area contributed by atoms with Crippen LogP contribution in [0.4, 0.5) is 11.4 Å². The number of nitrogens with one attached hydrogen (secondary N) is 2. The molecule has 230 valence electrons. The summed E-state index contributed by atoms with van der Waals surface area (Å²) in [5, 5.41) is 13.6. The molecule has 0 saturated carbocycles. The van der Waals surface area contributed by atoms with E-state index in [9.17, 15) is 4.79 Å². The Morgan fingerprint density at radius 3 is 2.02 bits per heavy atom. The lowest BCUT2D eigenvalue weighted by Crippen LogP contribution is -2.44. The molecule has 2 aliphatic rings. The van der Waals surface area contributed by atoms with Gasteiger partial charge in [0.1, 0.15) is 17.0 Å². The van der Waals surface area contributed by atoms with Gasteiger partial charge in [0.05, 0.1) is 17.6 Å². The molecule has 8 heteroatoms. The predicted octanol–water partition coefficient (Wildman–Crippen LogP) is 7.82. The summed E-state index contributed by atoms with van der Waals surface area (Å²) in [6, 6.07) is 24.0. The molecule has 3 aromatic carbocycles. The van der Waals surface area contributed by atoms with Gasteiger partial charge in [-0.15, -0.1) is 0 Å². The number of benzene rings is 3. The van der Waals surface area contributed by atoms with Crippen LogP contribution in [0, 0.1) is 20.8 Å². The van der Waals surface area contributed by atoms with Gasteiger partial charge in [0.2, 0.25) is 0 Å². The van der Waals surface area contributed by atoms with E-state index in [-0.39, 0.29) is 5.91 Å². The van der Waals surface area contributed by atoms with E-state index < -0.39 is 5.54 Å². The Morgan fingerprint density at radius 2 is 1.39 bits per heavy atom. The zero-order chi connectivity index (χ0) is 32.0. The van der Waals surface area contributed by atoms with Crippen LogP contribution >= 0.6 is 0 Å². The molecule has 5 aromatic rings. The van der Waals surface area contributed by atoms with E-state index in [0.717, 1.165) is 74.8 Å². The second-order valence-electron chi connectivity index (χ2n) is 11.8. The smallest absolute Gasteiger partial charge is 0.275 e. The Labute approximate surface area is 269 Å². The van der Waals surface area contributed by atoms with Gasteiger partial charge < -0.3 is 15.4 Å². The first-order valence-electron chi connectivity index (χ1n) is 15.7. The van der Waals surface area contributed by atoms with E-state index in [1.54, 1.807) is 23.6 Å². The van der Waals surface area contributed by atoms with Crippen molar-refractivity contribution in [1.29, 1.82) is 0 Å². The summed E-state index contributed by atoms with van der Waals surface area (Å²) in [7, 11) is 0. The number of carbonyl (C=O) groups excluding carboxylic acids is 1. The molecule has 46 heavy (non-hydrogen) atoms. The minimum Gasteiger partial charge on any atom is -0.456 e. The van der Waals surface area contributed by atoms with Gasteiger partial charge in [0.15, 0.2) is 0 Å². The minimum atomic E-state index is -1.06. The number of anilines is 2. The van der Waals surface area contributed by atoms with Crippen molar-refractivity contribution in [2.75, 3.05) is 23.7 Å². The quantitative estimate of drug-likeness (QED) is 0.183. The zero-order valence-electron chi connectivity index (χ0n) is 26.7. The molecule has 7 rings (SSSR count). The fourth-order valence-corrected chi connectivity index (χ4v) is 6.63. The summed E-state index contributed by atoms with van der Waals surface area (Å²) in [6.07, 6.45) is 5.26. The van der Waals surface area contributed by atoms with Crippen molar-refractivity contribution >= 4 is 23.5 Å². The first-order valence-corrected chi connectivity index (χ1v) is 15.7. The Hall–Kier alpha value is -5.50. The third-order valence-corrected chi connectivity index (χ3v) is 8.73. The highest BCUT2D eigenvalue weighted by molar-refractivity contribution is 6.03. The second-order valence-corrected chi connectivity index (χ2v) is 11.8. The number of hydrazone groups is 1. The van der Waals surface area contributed by atoms with Gasteiger partial charge in [-0.3, -0.25) is 14.8 Å². The van der Waals surface area contributed by atoms with Gasteiger partial charge in [-0.1, -0.05) is 18.2 Å². The summed E-state index contributed by atoms with van der Waals surface area (Å²) >= 11 is 0. The number of hydrogen-bond donors (Lipinski definition) is 2. The largest absolute Gasteiger partial charge is 0.456 e. The van der Waals surface area contributed by atoms with E-state index in [1.165, 1.54) is 0 Å². The maximum atomic E-state index is 14.5. The molecular weight excluding hydrogens is 572 g/mol. The number of fused-ring (bicyclic) bond motifs is 6. The molecule has 2 N–H and O–H groups in total. The van der Waals surface area contributed by atoms with E-state index in [4.69, 9.17) is 9.84 Å². The Kier molecular flexibility index (Phi) is 7.28. The van der Waals surface area contributed by atoms with Crippen molar-refractivity contribution < 1.29 is 9.53 Å². The van der Waals surface area contributed by atoms with Gasteiger partial charge in [0.25, 0.3) is 5.91 Å². The summed E-state index contributed by atoms with van der Waals surface area (Å²) < 4.78 is 6.70. The van der Waals surface area contributed by atoms with Gasteiger partial charge in [-0.05, 0) is 99.3 Å². The molecule has 0 atom stereocenters. The van der Waals surface area contributed by atoms with Crippen LogP contribution in [0.3, 0.4) is 0 Å². The first kappa shape index (κ1) is 29.2. The third-order valence-electron chi connectivity index (χ3n) is 8.73. The maximum Gasteiger partial charge on any atom is 0.275 e. The molecule has 2 aliphatic heterocycles. The number of ether oxygens (including phenoxy) is 1. The highest BCUT2D eigenvalue weighted by atomic mass is 16.5. The molecule has 0 saturated heterocycles. The van der Waals surface area contributed by atoms with Crippen molar-refractivity contribution in [2.45, 2.75) is 40.2 Å². The zero-order valence-corrected chi connectivity index (χ0v) is 26.7. The summed E-state index contributed by atoms with van der Waals surface area (Å²) in [5.74, 6) is 1.19. The number of nitrogens with zero attached hydrogens (tertiary/aromatic N) is 4. The number of pyridine rings is 2. The first-order chi connectivity index (χ1) is 22.3. The molecule has 0 aliphatic carbocycles. The van der Waals surface area contributed by atoms with Gasteiger partial charge >= 0.3 is 0 Å². The molecule has 0 radical (unpaired) electrons. The molecular formula is C38H36N6O2. The average Bonchev–Trinajstić information content (AvgIpc) is 3.30. The Bertz CT molecular complexity index is 1970. The molecule has 0 unspecified atom stereocenters. The van der Waals surface area contributed by atoms with Crippen molar-refractivity contribution in [3.05, 3.63) is 130 Å². The molecule has 8 nitrogen and oxygen atoms in total. The number of aromatic nitrogens is 2. The highest BCUT2D eigenvalue weighted by Gasteiger charge is 2.57. The van der Waals surface area contributed by atoms with Crippen LogP contribution in [0.1, 0.15) is 63.1 Å². The fraction of sp³-hybridized carbons (Fsp3) is 0.211.